The van der Waals surface area contributed by atoms with Gasteiger partial charge in [-0.1, -0.05) is 28.1 Å². The quantitative estimate of drug-likeness (QED) is 0.665. The molecule has 0 saturated heterocycles. The molecule has 0 aromatic heterocycles. The van der Waals surface area contributed by atoms with Gasteiger partial charge >= 0.3 is 0 Å². The number of carbonyl (C=O) groups excluding carboxylic acids is 1. The second kappa shape index (κ2) is 5.61. The Morgan fingerprint density at radius 1 is 1.47 bits per heavy atom. The Bertz CT molecular complexity index is 368. The molecule has 0 aliphatic rings. The first kappa shape index (κ1) is 12.6. The molecule has 0 heterocycles. The Kier molecular flexibility index (Phi) is 4.73. The molecule has 5 heteroatoms. The lowest BCUT2D eigenvalue weighted by Gasteiger charge is -2.06. The molecule has 0 spiro atoms. The SMILES string of the molecule is O=C(CBr)Cc1ccc(C(F)F)cc1S. The van der Waals surface area contributed by atoms with Crippen molar-refractivity contribution in [1.82, 2.24) is 0 Å². The number of alkyl halides is 3. The molecule has 0 fully saturated rings. The van der Waals surface area contributed by atoms with E-state index < -0.39 is 6.43 Å². The minimum absolute atomic E-state index is 0.00454. The normalized spacial score (nSPS) is 10.7. The van der Waals surface area contributed by atoms with Crippen LogP contribution < -0.4 is 0 Å². The largest absolute Gasteiger partial charge is 0.298 e. The number of hydrogen-bond acceptors (Lipinski definition) is 2. The van der Waals surface area contributed by atoms with Crippen LogP contribution in [0.1, 0.15) is 17.6 Å². The number of carbonyl (C=O) groups is 1. The molecule has 0 radical (unpaired) electrons. The summed E-state index contributed by atoms with van der Waals surface area (Å²) in [5, 5.41) is 0.261. The van der Waals surface area contributed by atoms with E-state index in [4.69, 9.17) is 0 Å². The fourth-order valence-electron chi connectivity index (χ4n) is 1.13. The van der Waals surface area contributed by atoms with Crippen LogP contribution in [0.2, 0.25) is 0 Å². The molecule has 1 aromatic carbocycles. The molecule has 0 aliphatic heterocycles. The minimum atomic E-state index is -2.50. The highest BCUT2D eigenvalue weighted by atomic mass is 79.9. The number of rotatable bonds is 4. The van der Waals surface area contributed by atoms with Crippen LogP contribution in [0.4, 0.5) is 8.78 Å². The van der Waals surface area contributed by atoms with Crippen LogP contribution in [0, 0.1) is 0 Å². The van der Waals surface area contributed by atoms with Gasteiger partial charge in [-0.25, -0.2) is 8.78 Å². The van der Waals surface area contributed by atoms with Gasteiger partial charge in [0.2, 0.25) is 0 Å². The van der Waals surface area contributed by atoms with Crippen molar-refractivity contribution in [2.75, 3.05) is 5.33 Å². The fourth-order valence-corrected chi connectivity index (χ4v) is 1.63. The van der Waals surface area contributed by atoms with E-state index in [-0.39, 0.29) is 23.1 Å². The van der Waals surface area contributed by atoms with Crippen molar-refractivity contribution < 1.29 is 13.6 Å². The second-order valence-electron chi connectivity index (χ2n) is 3.04. The molecular weight excluding hydrogens is 286 g/mol. The Balaban J connectivity index is 2.88. The summed E-state index contributed by atoms with van der Waals surface area (Å²) < 4.78 is 24.6. The van der Waals surface area contributed by atoms with E-state index in [1.165, 1.54) is 18.2 Å². The van der Waals surface area contributed by atoms with Crippen molar-refractivity contribution in [2.24, 2.45) is 0 Å². The van der Waals surface area contributed by atoms with Gasteiger partial charge in [-0.3, -0.25) is 4.79 Å². The molecule has 1 nitrogen and oxygen atoms in total. The van der Waals surface area contributed by atoms with Crippen LogP contribution in [0.25, 0.3) is 0 Å². The van der Waals surface area contributed by atoms with Gasteiger partial charge < -0.3 is 0 Å². The third-order valence-corrected chi connectivity index (χ3v) is 2.94. The highest BCUT2D eigenvalue weighted by Crippen LogP contribution is 2.24. The van der Waals surface area contributed by atoms with E-state index in [2.05, 4.69) is 28.6 Å². The molecule has 15 heavy (non-hydrogen) atoms. The van der Waals surface area contributed by atoms with Crippen LogP contribution in [-0.2, 0) is 11.2 Å². The lowest BCUT2D eigenvalue weighted by Crippen LogP contribution is -2.04. The lowest BCUT2D eigenvalue weighted by molar-refractivity contribution is -0.115. The van der Waals surface area contributed by atoms with Crippen LogP contribution in [0.3, 0.4) is 0 Å². The number of halogens is 3. The Labute approximate surface area is 100 Å². The topological polar surface area (TPSA) is 17.1 Å². The van der Waals surface area contributed by atoms with Gasteiger partial charge in [0, 0.05) is 16.9 Å². The van der Waals surface area contributed by atoms with Gasteiger partial charge in [-0.15, -0.1) is 12.6 Å². The summed E-state index contributed by atoms with van der Waals surface area (Å²) in [5.41, 5.74) is 0.599. The Hall–Kier alpha value is -0.420. The van der Waals surface area contributed by atoms with Crippen LogP contribution in [0.15, 0.2) is 23.1 Å². The van der Waals surface area contributed by atoms with Gasteiger partial charge in [0.05, 0.1) is 5.33 Å². The third-order valence-electron chi connectivity index (χ3n) is 1.90. The molecule has 0 amide bonds. The van der Waals surface area contributed by atoms with Gasteiger partial charge in [-0.2, -0.15) is 0 Å². The van der Waals surface area contributed by atoms with Crippen molar-refractivity contribution in [3.63, 3.8) is 0 Å². The van der Waals surface area contributed by atoms with E-state index in [0.29, 0.717) is 10.5 Å². The maximum Gasteiger partial charge on any atom is 0.263 e. The molecule has 0 aliphatic carbocycles. The summed E-state index contributed by atoms with van der Waals surface area (Å²) >= 11 is 7.11. The van der Waals surface area contributed by atoms with Crippen molar-refractivity contribution in [3.8, 4) is 0 Å². The monoisotopic (exact) mass is 294 g/mol. The number of thiol groups is 1. The van der Waals surface area contributed by atoms with Crippen molar-refractivity contribution >= 4 is 34.3 Å². The van der Waals surface area contributed by atoms with Crippen LogP contribution >= 0.6 is 28.6 Å². The molecule has 1 aromatic rings. The average molecular weight is 295 g/mol. The summed E-state index contributed by atoms with van der Waals surface area (Å²) in [6.07, 6.45) is -2.29. The molecular formula is C10H9BrF2OS. The number of hydrogen-bond donors (Lipinski definition) is 1. The summed E-state index contributed by atoms with van der Waals surface area (Å²) in [7, 11) is 0. The predicted octanol–water partition coefficient (Wildman–Crippen LogP) is 3.42. The zero-order chi connectivity index (χ0) is 11.4. The van der Waals surface area contributed by atoms with Crippen molar-refractivity contribution in [1.29, 1.82) is 0 Å². The molecule has 1 rings (SSSR count). The summed E-state index contributed by atoms with van der Waals surface area (Å²) in [5.74, 6) is -0.00454. The maximum atomic E-state index is 12.3. The smallest absolute Gasteiger partial charge is 0.263 e. The van der Waals surface area contributed by atoms with Crippen LogP contribution in [0.5, 0.6) is 0 Å². The van der Waals surface area contributed by atoms with Gasteiger partial charge in [-0.05, 0) is 11.6 Å². The first-order chi connectivity index (χ1) is 7.04. The summed E-state index contributed by atoms with van der Waals surface area (Å²) in [6.45, 7) is 0. The molecule has 0 N–H and O–H groups in total. The third kappa shape index (κ3) is 3.57. The zero-order valence-electron chi connectivity index (χ0n) is 7.71. The molecule has 0 bridgehead atoms. The maximum absolute atomic E-state index is 12.3. The average Bonchev–Trinajstić information content (AvgIpc) is 2.20. The van der Waals surface area contributed by atoms with E-state index in [1.54, 1.807) is 0 Å². The first-order valence-electron chi connectivity index (χ1n) is 4.22. The van der Waals surface area contributed by atoms with Crippen molar-refractivity contribution in [2.45, 2.75) is 17.7 Å². The van der Waals surface area contributed by atoms with E-state index in [0.717, 1.165) is 0 Å². The molecule has 0 unspecified atom stereocenters. The Morgan fingerprint density at radius 3 is 2.60 bits per heavy atom. The minimum Gasteiger partial charge on any atom is -0.298 e. The number of Topliss-reactive ketones (excluding diaryl/α,β-unsaturated/α-hetero) is 1. The van der Waals surface area contributed by atoms with Crippen LogP contribution in [-0.4, -0.2) is 11.1 Å². The number of ketones is 1. The van der Waals surface area contributed by atoms with E-state index in [9.17, 15) is 13.6 Å². The van der Waals surface area contributed by atoms with E-state index in [1.807, 2.05) is 0 Å². The van der Waals surface area contributed by atoms with E-state index >= 15 is 0 Å². The fraction of sp³-hybridized carbons (Fsp3) is 0.300. The molecule has 82 valence electrons. The Morgan fingerprint density at radius 2 is 2.13 bits per heavy atom. The number of benzene rings is 1. The summed E-state index contributed by atoms with van der Waals surface area (Å²) in [4.78, 5) is 11.6. The first-order valence-corrected chi connectivity index (χ1v) is 5.79. The highest BCUT2D eigenvalue weighted by molar-refractivity contribution is 9.09. The van der Waals surface area contributed by atoms with Gasteiger partial charge in [0.25, 0.3) is 6.43 Å². The van der Waals surface area contributed by atoms with Crippen molar-refractivity contribution in [3.05, 3.63) is 29.3 Å². The molecule has 0 atom stereocenters. The predicted molar refractivity (Wildman–Crippen MR) is 61.2 cm³/mol. The van der Waals surface area contributed by atoms with Gasteiger partial charge in [0.15, 0.2) is 0 Å². The lowest BCUT2D eigenvalue weighted by atomic mass is 10.1. The zero-order valence-corrected chi connectivity index (χ0v) is 10.2. The molecule has 0 saturated carbocycles. The summed E-state index contributed by atoms with van der Waals surface area (Å²) in [6, 6.07) is 4.14. The standard InChI is InChI=1S/C10H9BrF2OS/c11-5-8(14)3-6-1-2-7(10(12)13)4-9(6)15/h1-2,4,10,15H,3,5H2. The van der Waals surface area contributed by atoms with Gasteiger partial charge in [0.1, 0.15) is 5.78 Å². The second-order valence-corrected chi connectivity index (χ2v) is 4.08. The highest BCUT2D eigenvalue weighted by Gasteiger charge is 2.10.